The van der Waals surface area contributed by atoms with Crippen molar-refractivity contribution in [2.75, 3.05) is 19.6 Å². The first-order valence-electron chi connectivity index (χ1n) is 7.18. The number of nitrogens with zero attached hydrogens (tertiary/aromatic N) is 1. The third-order valence-corrected chi connectivity index (χ3v) is 3.86. The Balaban J connectivity index is 2.00. The molecule has 2 fully saturated rings. The van der Waals surface area contributed by atoms with Crippen LogP contribution in [0.2, 0.25) is 0 Å². The summed E-state index contributed by atoms with van der Waals surface area (Å²) in [4.78, 5) is 14.2. The lowest BCUT2D eigenvalue weighted by molar-refractivity contribution is 0.00475. The Morgan fingerprint density at radius 2 is 1.94 bits per heavy atom. The second kappa shape index (κ2) is 5.47. The minimum atomic E-state index is -0.401. The molecule has 0 radical (unpaired) electrons. The molecule has 1 saturated carbocycles. The summed E-state index contributed by atoms with van der Waals surface area (Å²) in [6.07, 6.45) is 4.99. The van der Waals surface area contributed by atoms with Crippen molar-refractivity contribution in [3.05, 3.63) is 0 Å². The van der Waals surface area contributed by atoms with Crippen molar-refractivity contribution in [2.45, 2.75) is 58.1 Å². The predicted octanol–water partition coefficient (Wildman–Crippen LogP) is 2.39. The highest BCUT2D eigenvalue weighted by Gasteiger charge is 2.36. The lowest BCUT2D eigenvalue weighted by Crippen LogP contribution is -2.57. The van der Waals surface area contributed by atoms with Crippen LogP contribution in [0.5, 0.6) is 0 Å². The maximum Gasteiger partial charge on any atom is 0.410 e. The number of carbonyl (C=O) groups is 1. The van der Waals surface area contributed by atoms with Gasteiger partial charge in [0.15, 0.2) is 0 Å². The molecule has 4 nitrogen and oxygen atoms in total. The lowest BCUT2D eigenvalue weighted by Gasteiger charge is -2.40. The van der Waals surface area contributed by atoms with Crippen LogP contribution in [-0.2, 0) is 4.74 Å². The Morgan fingerprint density at radius 3 is 2.56 bits per heavy atom. The highest BCUT2D eigenvalue weighted by atomic mass is 16.6. The van der Waals surface area contributed by atoms with Gasteiger partial charge in [-0.05, 0) is 39.5 Å². The second-order valence-electron chi connectivity index (χ2n) is 6.49. The van der Waals surface area contributed by atoms with E-state index in [0.29, 0.717) is 12.0 Å². The molecule has 2 aliphatic rings. The molecule has 1 heterocycles. The summed E-state index contributed by atoms with van der Waals surface area (Å²) in [5.41, 5.74) is -0.401. The molecule has 0 aromatic rings. The minimum Gasteiger partial charge on any atom is -0.444 e. The molecule has 1 unspecified atom stereocenters. The van der Waals surface area contributed by atoms with Crippen molar-refractivity contribution in [3.63, 3.8) is 0 Å². The van der Waals surface area contributed by atoms with Gasteiger partial charge < -0.3 is 15.0 Å². The van der Waals surface area contributed by atoms with Crippen LogP contribution in [0.1, 0.15) is 46.5 Å². The third-order valence-electron chi connectivity index (χ3n) is 3.86. The average molecular weight is 254 g/mol. The maximum atomic E-state index is 12.3. The first-order valence-corrected chi connectivity index (χ1v) is 7.18. The molecular weight excluding hydrogens is 228 g/mol. The van der Waals surface area contributed by atoms with E-state index in [0.717, 1.165) is 19.6 Å². The summed E-state index contributed by atoms with van der Waals surface area (Å²) in [6, 6.07) is 0.330. The number of rotatable bonds is 1. The molecule has 0 bridgehead atoms. The van der Waals surface area contributed by atoms with Crippen molar-refractivity contribution in [1.82, 2.24) is 10.2 Å². The Kier molecular flexibility index (Phi) is 4.15. The zero-order valence-corrected chi connectivity index (χ0v) is 11.9. The number of hydrogen-bond acceptors (Lipinski definition) is 3. The predicted molar refractivity (Wildman–Crippen MR) is 71.6 cm³/mol. The molecule has 2 rings (SSSR count). The molecule has 4 heteroatoms. The zero-order valence-electron chi connectivity index (χ0n) is 11.9. The number of ether oxygens (including phenoxy) is 1. The largest absolute Gasteiger partial charge is 0.444 e. The molecular formula is C14H26N2O2. The van der Waals surface area contributed by atoms with Gasteiger partial charge in [0.2, 0.25) is 0 Å². The molecule has 0 spiro atoms. The van der Waals surface area contributed by atoms with Crippen LogP contribution in [0.3, 0.4) is 0 Å². The molecule has 0 aromatic heterocycles. The topological polar surface area (TPSA) is 41.6 Å². The monoisotopic (exact) mass is 254 g/mol. The Bertz CT molecular complexity index is 293. The van der Waals surface area contributed by atoms with Gasteiger partial charge in [0.1, 0.15) is 5.60 Å². The summed E-state index contributed by atoms with van der Waals surface area (Å²) in [7, 11) is 0. The van der Waals surface area contributed by atoms with Gasteiger partial charge in [-0.2, -0.15) is 0 Å². The van der Waals surface area contributed by atoms with Crippen LogP contribution in [0.4, 0.5) is 4.79 Å². The summed E-state index contributed by atoms with van der Waals surface area (Å²) < 4.78 is 5.53. The molecule has 1 atom stereocenters. The van der Waals surface area contributed by atoms with Gasteiger partial charge in [-0.3, -0.25) is 0 Å². The van der Waals surface area contributed by atoms with E-state index in [-0.39, 0.29) is 6.09 Å². The number of nitrogens with one attached hydrogen (secondary N) is 1. The van der Waals surface area contributed by atoms with Gasteiger partial charge in [0.25, 0.3) is 0 Å². The standard InChI is InChI=1S/C14H26N2O2/c1-14(2,3)18-13(17)16-9-8-15-10-12(16)11-6-4-5-7-11/h11-12,15H,4-10H2,1-3H3. The first kappa shape index (κ1) is 13.7. The van der Waals surface area contributed by atoms with E-state index < -0.39 is 5.60 Å². The number of piperazine rings is 1. The number of amides is 1. The van der Waals surface area contributed by atoms with Crippen molar-refractivity contribution < 1.29 is 9.53 Å². The summed E-state index contributed by atoms with van der Waals surface area (Å²) in [6.45, 7) is 8.36. The minimum absolute atomic E-state index is 0.138. The highest BCUT2D eigenvalue weighted by molar-refractivity contribution is 5.68. The Hall–Kier alpha value is -0.770. The summed E-state index contributed by atoms with van der Waals surface area (Å²) in [5, 5.41) is 3.41. The fraction of sp³-hybridized carbons (Fsp3) is 0.929. The van der Waals surface area contributed by atoms with Crippen molar-refractivity contribution in [3.8, 4) is 0 Å². The van der Waals surface area contributed by atoms with Gasteiger partial charge in [0, 0.05) is 19.6 Å². The van der Waals surface area contributed by atoms with Crippen molar-refractivity contribution in [1.29, 1.82) is 0 Å². The highest BCUT2D eigenvalue weighted by Crippen LogP contribution is 2.31. The SMILES string of the molecule is CC(C)(C)OC(=O)N1CCNCC1C1CCCC1. The molecule has 1 N–H and O–H groups in total. The number of carbonyl (C=O) groups excluding carboxylic acids is 1. The van der Waals surface area contributed by atoms with Crippen LogP contribution in [-0.4, -0.2) is 42.3 Å². The summed E-state index contributed by atoms with van der Waals surface area (Å²) in [5.74, 6) is 0.658. The normalized spacial score (nSPS) is 26.4. The van der Waals surface area contributed by atoms with Gasteiger partial charge in [-0.1, -0.05) is 12.8 Å². The average Bonchev–Trinajstić information content (AvgIpc) is 2.80. The Labute approximate surface area is 110 Å². The number of hydrogen-bond donors (Lipinski definition) is 1. The van der Waals surface area contributed by atoms with E-state index in [1.165, 1.54) is 25.7 Å². The van der Waals surface area contributed by atoms with Crippen LogP contribution in [0.25, 0.3) is 0 Å². The van der Waals surface area contributed by atoms with E-state index in [1.807, 2.05) is 25.7 Å². The molecule has 1 saturated heterocycles. The fourth-order valence-electron chi connectivity index (χ4n) is 3.04. The van der Waals surface area contributed by atoms with Crippen molar-refractivity contribution in [2.24, 2.45) is 5.92 Å². The van der Waals surface area contributed by atoms with Crippen LogP contribution in [0.15, 0.2) is 0 Å². The van der Waals surface area contributed by atoms with E-state index in [2.05, 4.69) is 5.32 Å². The fourth-order valence-corrected chi connectivity index (χ4v) is 3.04. The molecule has 104 valence electrons. The molecule has 1 aliphatic heterocycles. The first-order chi connectivity index (χ1) is 8.47. The van der Waals surface area contributed by atoms with E-state index in [9.17, 15) is 4.79 Å². The van der Waals surface area contributed by atoms with Gasteiger partial charge in [-0.15, -0.1) is 0 Å². The van der Waals surface area contributed by atoms with Gasteiger partial charge in [-0.25, -0.2) is 4.79 Å². The zero-order chi connectivity index (χ0) is 13.2. The Morgan fingerprint density at radius 1 is 1.28 bits per heavy atom. The molecule has 18 heavy (non-hydrogen) atoms. The smallest absolute Gasteiger partial charge is 0.410 e. The second-order valence-corrected chi connectivity index (χ2v) is 6.49. The van der Waals surface area contributed by atoms with Crippen LogP contribution >= 0.6 is 0 Å². The molecule has 1 amide bonds. The third kappa shape index (κ3) is 3.37. The van der Waals surface area contributed by atoms with E-state index in [1.54, 1.807) is 0 Å². The molecule has 0 aromatic carbocycles. The maximum absolute atomic E-state index is 12.3. The van der Waals surface area contributed by atoms with Gasteiger partial charge in [0.05, 0.1) is 6.04 Å². The molecule has 1 aliphatic carbocycles. The lowest BCUT2D eigenvalue weighted by atomic mass is 9.95. The summed E-state index contributed by atoms with van der Waals surface area (Å²) >= 11 is 0. The van der Waals surface area contributed by atoms with E-state index in [4.69, 9.17) is 4.74 Å². The quantitative estimate of drug-likeness (QED) is 0.781. The van der Waals surface area contributed by atoms with Crippen LogP contribution in [0, 0.1) is 5.92 Å². The van der Waals surface area contributed by atoms with Crippen molar-refractivity contribution >= 4 is 6.09 Å². The van der Waals surface area contributed by atoms with Crippen LogP contribution < -0.4 is 5.32 Å². The van der Waals surface area contributed by atoms with E-state index >= 15 is 0 Å². The van der Waals surface area contributed by atoms with Gasteiger partial charge >= 0.3 is 6.09 Å².